The second-order valence-electron chi connectivity index (χ2n) is 5.28. The number of rotatable bonds is 5. The summed E-state index contributed by atoms with van der Waals surface area (Å²) in [5.41, 5.74) is 6.01. The van der Waals surface area contributed by atoms with Gasteiger partial charge in [0.25, 0.3) is 5.91 Å². The van der Waals surface area contributed by atoms with Gasteiger partial charge in [0.15, 0.2) is 0 Å². The number of carbonyl (C=O) groups excluding carboxylic acids is 1. The predicted molar refractivity (Wildman–Crippen MR) is 105 cm³/mol. The molecule has 0 aliphatic rings. The second kappa shape index (κ2) is 7.98. The minimum absolute atomic E-state index is 0.103. The van der Waals surface area contributed by atoms with E-state index in [2.05, 4.69) is 10.9 Å². The smallest absolute Gasteiger partial charge is 0.280 e. The van der Waals surface area contributed by atoms with E-state index in [1.807, 2.05) is 0 Å². The Morgan fingerprint density at radius 2 is 1.92 bits per heavy atom. The van der Waals surface area contributed by atoms with Gasteiger partial charge < -0.3 is 4.74 Å². The van der Waals surface area contributed by atoms with Crippen LogP contribution in [0.5, 0.6) is 0 Å². The van der Waals surface area contributed by atoms with Gasteiger partial charge in [-0.15, -0.1) is 11.3 Å². The van der Waals surface area contributed by atoms with Gasteiger partial charge >= 0.3 is 0 Å². The van der Waals surface area contributed by atoms with Gasteiger partial charge in [0, 0.05) is 27.8 Å². The largest absolute Gasteiger partial charge is 0.380 e. The molecule has 3 rings (SSSR count). The van der Waals surface area contributed by atoms with Crippen LogP contribution >= 0.6 is 46.1 Å². The molecule has 0 saturated carbocycles. The number of benzene rings is 2. The van der Waals surface area contributed by atoms with Crippen LogP contribution in [0.4, 0.5) is 10.1 Å². The van der Waals surface area contributed by atoms with Crippen molar-refractivity contribution >= 4 is 67.8 Å². The lowest BCUT2D eigenvalue weighted by molar-refractivity contribution is 0.0962. The zero-order valence-electron chi connectivity index (χ0n) is 13.3. The van der Waals surface area contributed by atoms with Gasteiger partial charge in [-0.1, -0.05) is 40.9 Å². The number of ether oxygens (including phenoxy) is 1. The molecule has 0 saturated heterocycles. The van der Waals surface area contributed by atoms with E-state index in [4.69, 9.17) is 39.5 Å². The van der Waals surface area contributed by atoms with Crippen LogP contribution in [-0.2, 0) is 11.3 Å². The van der Waals surface area contributed by atoms with E-state index in [9.17, 15) is 9.18 Å². The molecule has 9 heteroatoms. The fourth-order valence-corrected chi connectivity index (χ4v) is 4.50. The Morgan fingerprint density at radius 1 is 1.23 bits per heavy atom. The van der Waals surface area contributed by atoms with Crippen LogP contribution in [0.3, 0.4) is 0 Å². The summed E-state index contributed by atoms with van der Waals surface area (Å²) in [6, 6.07) is 7.68. The van der Waals surface area contributed by atoms with E-state index in [0.29, 0.717) is 31.2 Å². The number of hydrazine groups is 1. The van der Waals surface area contributed by atoms with E-state index in [0.717, 1.165) is 0 Å². The Labute approximate surface area is 167 Å². The van der Waals surface area contributed by atoms with Gasteiger partial charge in [-0.05, 0) is 24.3 Å². The molecule has 1 heterocycles. The van der Waals surface area contributed by atoms with Gasteiger partial charge in [-0.25, -0.2) is 4.39 Å². The number of halogens is 4. The molecule has 136 valence electrons. The van der Waals surface area contributed by atoms with E-state index in [1.165, 1.54) is 36.6 Å². The van der Waals surface area contributed by atoms with Gasteiger partial charge in [0.2, 0.25) is 0 Å². The summed E-state index contributed by atoms with van der Waals surface area (Å²) in [4.78, 5) is 13.0. The Bertz CT molecular complexity index is 971. The predicted octanol–water partition coefficient (Wildman–Crippen LogP) is 5.90. The number of carbonyl (C=O) groups is 1. The number of methoxy groups -OCH3 is 1. The second-order valence-corrected chi connectivity index (χ2v) is 7.58. The highest BCUT2D eigenvalue weighted by Crippen LogP contribution is 2.35. The first kappa shape index (κ1) is 19.2. The summed E-state index contributed by atoms with van der Waals surface area (Å²) in [6.07, 6.45) is 0. The molecule has 26 heavy (non-hydrogen) atoms. The zero-order valence-corrected chi connectivity index (χ0v) is 16.4. The summed E-state index contributed by atoms with van der Waals surface area (Å²) in [7, 11) is 1.48. The van der Waals surface area contributed by atoms with Crippen molar-refractivity contribution in [1.29, 1.82) is 0 Å². The third kappa shape index (κ3) is 3.75. The van der Waals surface area contributed by atoms with Crippen molar-refractivity contribution in [3.63, 3.8) is 0 Å². The molecule has 0 unspecified atom stereocenters. The molecular formula is C17H12Cl3FN2O2S. The molecule has 2 aromatic carbocycles. The summed E-state index contributed by atoms with van der Waals surface area (Å²) < 4.78 is 20.0. The van der Waals surface area contributed by atoms with Crippen LogP contribution in [-0.4, -0.2) is 13.0 Å². The summed E-state index contributed by atoms with van der Waals surface area (Å²) >= 11 is 19.2. The lowest BCUT2D eigenvalue weighted by Gasteiger charge is -2.12. The molecule has 4 nitrogen and oxygen atoms in total. The third-order valence-electron chi connectivity index (χ3n) is 3.57. The van der Waals surface area contributed by atoms with Crippen molar-refractivity contribution < 1.29 is 13.9 Å². The zero-order chi connectivity index (χ0) is 18.8. The van der Waals surface area contributed by atoms with E-state index < -0.39 is 11.7 Å². The van der Waals surface area contributed by atoms with Crippen LogP contribution in [0.25, 0.3) is 10.1 Å². The number of nitrogens with one attached hydrogen (secondary N) is 2. The van der Waals surface area contributed by atoms with Gasteiger partial charge in [0.1, 0.15) is 10.7 Å². The highest BCUT2D eigenvalue weighted by molar-refractivity contribution is 7.21. The molecule has 2 N–H and O–H groups in total. The Balaban J connectivity index is 1.91. The normalized spacial score (nSPS) is 11.0. The lowest BCUT2D eigenvalue weighted by Crippen LogP contribution is -2.29. The number of anilines is 1. The first-order valence-corrected chi connectivity index (χ1v) is 9.27. The van der Waals surface area contributed by atoms with Gasteiger partial charge in [0.05, 0.1) is 22.3 Å². The fraction of sp³-hybridized carbons (Fsp3) is 0.118. The molecule has 0 fully saturated rings. The van der Waals surface area contributed by atoms with Crippen LogP contribution < -0.4 is 10.9 Å². The molecule has 0 aliphatic heterocycles. The molecule has 1 aromatic heterocycles. The minimum atomic E-state index is -0.459. The van der Waals surface area contributed by atoms with Crippen LogP contribution in [0.15, 0.2) is 30.3 Å². The molecule has 0 aliphatic carbocycles. The lowest BCUT2D eigenvalue weighted by atomic mass is 10.1. The summed E-state index contributed by atoms with van der Waals surface area (Å²) in [5.74, 6) is -0.860. The standard InChI is InChI=1S/C17H12Cl3FN2O2S/c1-25-7-9-14-12(21)3-2-4-13(14)26-16(9)17(24)23-22-15-10(19)5-8(18)6-11(15)20/h2-6,22H,7H2,1H3,(H,23,24). The molecule has 0 atom stereocenters. The van der Waals surface area contributed by atoms with Crippen molar-refractivity contribution in [2.24, 2.45) is 0 Å². The van der Waals surface area contributed by atoms with Crippen LogP contribution in [0, 0.1) is 5.82 Å². The maximum Gasteiger partial charge on any atom is 0.280 e. The Morgan fingerprint density at radius 3 is 2.58 bits per heavy atom. The molecule has 0 spiro atoms. The quantitative estimate of drug-likeness (QED) is 0.492. The first-order valence-electron chi connectivity index (χ1n) is 7.32. The Kier molecular flexibility index (Phi) is 5.89. The number of fused-ring (bicyclic) bond motifs is 1. The Hall–Kier alpha value is -1.57. The summed E-state index contributed by atoms with van der Waals surface area (Å²) in [5, 5.41) is 1.26. The maximum atomic E-state index is 14.2. The van der Waals surface area contributed by atoms with Crippen molar-refractivity contribution in [2.45, 2.75) is 6.61 Å². The topological polar surface area (TPSA) is 50.4 Å². The molecule has 1 amide bonds. The SMILES string of the molecule is COCc1c(C(=O)NNc2c(Cl)cc(Cl)cc2Cl)sc2cccc(F)c12. The summed E-state index contributed by atoms with van der Waals surface area (Å²) in [6.45, 7) is 0.103. The number of hydrogen-bond acceptors (Lipinski definition) is 4. The molecule has 0 radical (unpaired) electrons. The first-order chi connectivity index (χ1) is 12.4. The highest BCUT2D eigenvalue weighted by Gasteiger charge is 2.21. The number of amides is 1. The number of thiophene rings is 1. The molecule has 3 aromatic rings. The van der Waals surface area contributed by atoms with Gasteiger partial charge in [-0.2, -0.15) is 0 Å². The average molecular weight is 434 g/mol. The van der Waals surface area contributed by atoms with Crippen LogP contribution in [0.1, 0.15) is 15.2 Å². The minimum Gasteiger partial charge on any atom is -0.380 e. The molecular weight excluding hydrogens is 422 g/mol. The van der Waals surface area contributed by atoms with Crippen molar-refractivity contribution in [3.05, 3.63) is 61.7 Å². The van der Waals surface area contributed by atoms with E-state index in [-0.39, 0.29) is 16.7 Å². The van der Waals surface area contributed by atoms with Gasteiger partial charge in [-0.3, -0.25) is 15.6 Å². The number of hydrogen-bond donors (Lipinski definition) is 2. The molecule has 0 bridgehead atoms. The fourth-order valence-electron chi connectivity index (χ4n) is 2.47. The van der Waals surface area contributed by atoms with Crippen molar-refractivity contribution in [1.82, 2.24) is 5.43 Å². The third-order valence-corrected chi connectivity index (χ3v) is 5.58. The van der Waals surface area contributed by atoms with E-state index in [1.54, 1.807) is 12.1 Å². The van der Waals surface area contributed by atoms with Crippen molar-refractivity contribution in [2.75, 3.05) is 12.5 Å². The average Bonchev–Trinajstić information content (AvgIpc) is 2.94. The van der Waals surface area contributed by atoms with E-state index >= 15 is 0 Å². The van der Waals surface area contributed by atoms with Crippen LogP contribution in [0.2, 0.25) is 15.1 Å². The maximum absolute atomic E-state index is 14.2. The monoisotopic (exact) mass is 432 g/mol. The highest BCUT2D eigenvalue weighted by atomic mass is 35.5. The van der Waals surface area contributed by atoms with Crippen molar-refractivity contribution in [3.8, 4) is 0 Å².